The molecule has 24 heavy (non-hydrogen) atoms. The molecule has 4 rings (SSSR count). The second-order valence-electron chi connectivity index (χ2n) is 6.66. The van der Waals surface area contributed by atoms with Crippen LogP contribution < -0.4 is 15.2 Å². The van der Waals surface area contributed by atoms with Crippen molar-refractivity contribution in [3.05, 3.63) is 47.7 Å². The molecule has 1 unspecified atom stereocenters. The minimum atomic E-state index is 0.588. The Kier molecular flexibility index (Phi) is 4.26. The van der Waals surface area contributed by atoms with E-state index in [1.54, 1.807) is 0 Å². The van der Waals surface area contributed by atoms with Crippen molar-refractivity contribution in [1.29, 1.82) is 0 Å². The van der Waals surface area contributed by atoms with Crippen LogP contribution >= 0.6 is 0 Å². The first-order valence-electron chi connectivity index (χ1n) is 8.57. The number of nitrogen functional groups attached to an aromatic ring is 1. The van der Waals surface area contributed by atoms with Gasteiger partial charge in [0.1, 0.15) is 19.0 Å². The van der Waals surface area contributed by atoms with E-state index >= 15 is 0 Å². The van der Waals surface area contributed by atoms with Gasteiger partial charge < -0.3 is 15.2 Å². The lowest BCUT2D eigenvalue weighted by atomic mass is 10.00. The number of fused-ring (bicyclic) bond motifs is 1. The van der Waals surface area contributed by atoms with Crippen molar-refractivity contribution in [2.75, 3.05) is 32.0 Å². The van der Waals surface area contributed by atoms with Gasteiger partial charge in [0, 0.05) is 19.3 Å². The highest BCUT2D eigenvalue weighted by Gasteiger charge is 2.23. The highest BCUT2D eigenvalue weighted by Crippen LogP contribution is 2.32. The number of hydrogen-bond acceptors (Lipinski definition) is 5. The predicted molar refractivity (Wildman–Crippen MR) is 93.2 cm³/mol. The fourth-order valence-corrected chi connectivity index (χ4v) is 3.56. The molecule has 3 heterocycles. The zero-order chi connectivity index (χ0) is 16.4. The first-order chi connectivity index (χ1) is 11.8. The lowest BCUT2D eigenvalue weighted by Crippen LogP contribution is -2.21. The topological polar surface area (TPSA) is 60.6 Å². The molecular formula is C19H23N3O2. The molecule has 1 saturated heterocycles. The molecule has 0 saturated carbocycles. The summed E-state index contributed by atoms with van der Waals surface area (Å²) in [6.45, 7) is 4.51. The number of hydrogen-bond donors (Lipinski definition) is 1. The highest BCUT2D eigenvalue weighted by molar-refractivity contribution is 5.43. The number of rotatable bonds is 4. The van der Waals surface area contributed by atoms with Gasteiger partial charge in [-0.3, -0.25) is 4.90 Å². The van der Waals surface area contributed by atoms with Gasteiger partial charge in [0.05, 0.1) is 0 Å². The van der Waals surface area contributed by atoms with Gasteiger partial charge in [0.2, 0.25) is 0 Å². The molecule has 1 aromatic carbocycles. The van der Waals surface area contributed by atoms with E-state index in [1.165, 1.54) is 17.5 Å². The molecule has 5 heteroatoms. The number of nitrogens with zero attached hydrogens (tertiary/aromatic N) is 2. The third-order valence-electron chi connectivity index (χ3n) is 4.75. The quantitative estimate of drug-likeness (QED) is 0.936. The highest BCUT2D eigenvalue weighted by atomic mass is 16.6. The van der Waals surface area contributed by atoms with Crippen LogP contribution in [-0.4, -0.2) is 36.2 Å². The maximum Gasteiger partial charge on any atom is 0.161 e. The third-order valence-corrected chi connectivity index (χ3v) is 4.75. The first kappa shape index (κ1) is 15.3. The molecule has 2 aliphatic rings. The molecule has 0 bridgehead atoms. The lowest BCUT2D eigenvalue weighted by Gasteiger charge is -2.21. The van der Waals surface area contributed by atoms with Crippen molar-refractivity contribution in [3.63, 3.8) is 0 Å². The summed E-state index contributed by atoms with van der Waals surface area (Å²) in [4.78, 5) is 6.70. The van der Waals surface area contributed by atoms with Gasteiger partial charge in [-0.05, 0) is 54.6 Å². The van der Waals surface area contributed by atoms with Gasteiger partial charge in [-0.25, -0.2) is 4.98 Å². The number of pyridine rings is 1. The summed E-state index contributed by atoms with van der Waals surface area (Å²) in [7, 11) is 0. The average Bonchev–Trinajstić information content (AvgIpc) is 3.04. The second-order valence-corrected chi connectivity index (χ2v) is 6.66. The summed E-state index contributed by atoms with van der Waals surface area (Å²) in [6.07, 6.45) is 4.21. The van der Waals surface area contributed by atoms with Crippen LogP contribution in [-0.2, 0) is 13.0 Å². The molecule has 1 fully saturated rings. The SMILES string of the molecule is Nc1ccc(CC2CCN(Cc3ccc4c(c3)OCCO4)C2)cn1. The van der Waals surface area contributed by atoms with E-state index in [9.17, 15) is 0 Å². The van der Waals surface area contributed by atoms with E-state index in [1.807, 2.05) is 18.3 Å². The van der Waals surface area contributed by atoms with E-state index in [4.69, 9.17) is 15.2 Å². The predicted octanol–water partition coefficient (Wildman–Crippen LogP) is 2.50. The Bertz CT molecular complexity index is 702. The van der Waals surface area contributed by atoms with Crippen LogP contribution in [0.5, 0.6) is 11.5 Å². The molecule has 1 aromatic heterocycles. The van der Waals surface area contributed by atoms with Crippen LogP contribution in [0.25, 0.3) is 0 Å². The van der Waals surface area contributed by atoms with Gasteiger partial charge in [-0.15, -0.1) is 0 Å². The third kappa shape index (κ3) is 3.46. The number of aromatic nitrogens is 1. The first-order valence-corrected chi connectivity index (χ1v) is 8.57. The molecular weight excluding hydrogens is 302 g/mol. The number of anilines is 1. The standard InChI is InChI=1S/C19H23N3O2/c20-19-4-2-14(11-21-19)9-16-5-6-22(13-16)12-15-1-3-17-18(10-15)24-8-7-23-17/h1-4,10-11,16H,5-9,12-13H2,(H2,20,21). The minimum absolute atomic E-state index is 0.588. The van der Waals surface area contributed by atoms with Crippen LogP contribution in [0.2, 0.25) is 0 Å². The summed E-state index contributed by atoms with van der Waals surface area (Å²) < 4.78 is 11.3. The molecule has 2 aliphatic heterocycles. The summed E-state index contributed by atoms with van der Waals surface area (Å²) in [5.41, 5.74) is 8.21. The van der Waals surface area contributed by atoms with Crippen molar-refractivity contribution in [1.82, 2.24) is 9.88 Å². The molecule has 5 nitrogen and oxygen atoms in total. The van der Waals surface area contributed by atoms with Crippen LogP contribution in [0.3, 0.4) is 0 Å². The number of benzene rings is 1. The van der Waals surface area contributed by atoms with Gasteiger partial charge >= 0.3 is 0 Å². The normalized spacial score (nSPS) is 20.2. The van der Waals surface area contributed by atoms with E-state index in [0.29, 0.717) is 24.9 Å². The molecule has 0 spiro atoms. The van der Waals surface area contributed by atoms with Gasteiger partial charge in [0.15, 0.2) is 11.5 Å². The largest absolute Gasteiger partial charge is 0.486 e. The van der Waals surface area contributed by atoms with E-state index in [-0.39, 0.29) is 0 Å². The van der Waals surface area contributed by atoms with Crippen molar-refractivity contribution >= 4 is 5.82 Å². The Balaban J connectivity index is 1.34. The van der Waals surface area contributed by atoms with Crippen LogP contribution in [0, 0.1) is 5.92 Å². The fourth-order valence-electron chi connectivity index (χ4n) is 3.56. The number of nitrogens with two attached hydrogens (primary N) is 1. The average molecular weight is 325 g/mol. The Labute approximate surface area is 142 Å². The van der Waals surface area contributed by atoms with Crippen LogP contribution in [0.15, 0.2) is 36.5 Å². The van der Waals surface area contributed by atoms with Gasteiger partial charge in [-0.2, -0.15) is 0 Å². The minimum Gasteiger partial charge on any atom is -0.486 e. The summed E-state index contributed by atoms with van der Waals surface area (Å²) in [6, 6.07) is 10.3. The molecule has 0 amide bonds. The van der Waals surface area contributed by atoms with E-state index in [2.05, 4.69) is 28.1 Å². The van der Waals surface area contributed by atoms with Crippen molar-refractivity contribution in [2.24, 2.45) is 5.92 Å². The Morgan fingerprint density at radius 2 is 1.92 bits per heavy atom. The molecule has 0 radical (unpaired) electrons. The van der Waals surface area contributed by atoms with Crippen molar-refractivity contribution < 1.29 is 9.47 Å². The molecule has 2 N–H and O–H groups in total. The maximum absolute atomic E-state index is 5.68. The second kappa shape index (κ2) is 6.69. The molecule has 0 aliphatic carbocycles. The smallest absolute Gasteiger partial charge is 0.161 e. The summed E-state index contributed by atoms with van der Waals surface area (Å²) in [5, 5.41) is 0. The van der Waals surface area contributed by atoms with Crippen LogP contribution in [0.4, 0.5) is 5.82 Å². The monoisotopic (exact) mass is 325 g/mol. The summed E-state index contributed by atoms with van der Waals surface area (Å²) in [5.74, 6) is 3.01. The molecule has 126 valence electrons. The number of ether oxygens (including phenoxy) is 2. The van der Waals surface area contributed by atoms with E-state index < -0.39 is 0 Å². The lowest BCUT2D eigenvalue weighted by molar-refractivity contribution is 0.171. The van der Waals surface area contributed by atoms with Crippen LogP contribution in [0.1, 0.15) is 17.5 Å². The molecule has 1 atom stereocenters. The fraction of sp³-hybridized carbons (Fsp3) is 0.421. The van der Waals surface area contributed by atoms with Gasteiger partial charge in [0.25, 0.3) is 0 Å². The zero-order valence-corrected chi connectivity index (χ0v) is 13.8. The van der Waals surface area contributed by atoms with Gasteiger partial charge in [-0.1, -0.05) is 12.1 Å². The Morgan fingerprint density at radius 3 is 2.75 bits per heavy atom. The summed E-state index contributed by atoms with van der Waals surface area (Å²) >= 11 is 0. The van der Waals surface area contributed by atoms with E-state index in [0.717, 1.165) is 37.6 Å². The molecule has 2 aromatic rings. The Morgan fingerprint density at radius 1 is 1.08 bits per heavy atom. The zero-order valence-electron chi connectivity index (χ0n) is 13.8. The van der Waals surface area contributed by atoms with Crippen molar-refractivity contribution in [3.8, 4) is 11.5 Å². The Hall–Kier alpha value is -2.27. The number of likely N-dealkylation sites (tertiary alicyclic amines) is 1. The maximum atomic E-state index is 5.68. The van der Waals surface area contributed by atoms with Crippen molar-refractivity contribution in [2.45, 2.75) is 19.4 Å².